The van der Waals surface area contributed by atoms with Gasteiger partial charge in [0.25, 0.3) is 0 Å². The minimum atomic E-state index is -0.636. The molecule has 0 aliphatic rings. The van der Waals surface area contributed by atoms with Crippen molar-refractivity contribution in [1.29, 1.82) is 0 Å². The second-order valence-corrected chi connectivity index (χ2v) is 7.06. The topological polar surface area (TPSA) is 57.0 Å². The number of nitrogens with zero attached hydrogens (tertiary/aromatic N) is 3. The second-order valence-electron chi connectivity index (χ2n) is 6.24. The van der Waals surface area contributed by atoms with Gasteiger partial charge in [-0.25, -0.2) is 4.68 Å². The zero-order valence-electron chi connectivity index (χ0n) is 15.3. The van der Waals surface area contributed by atoms with E-state index in [0.717, 1.165) is 11.3 Å². The van der Waals surface area contributed by atoms with Crippen molar-refractivity contribution in [2.45, 2.75) is 25.4 Å². The van der Waals surface area contributed by atoms with Crippen molar-refractivity contribution in [1.82, 2.24) is 15.0 Å². The van der Waals surface area contributed by atoms with E-state index in [2.05, 4.69) is 16.9 Å². The van der Waals surface area contributed by atoms with Crippen LogP contribution in [0.25, 0.3) is 5.69 Å². The van der Waals surface area contributed by atoms with Gasteiger partial charge in [-0.1, -0.05) is 58.8 Å². The summed E-state index contributed by atoms with van der Waals surface area (Å²) in [6.07, 6.45) is 3.30. The first-order valence-corrected chi connectivity index (χ1v) is 9.46. The van der Waals surface area contributed by atoms with E-state index in [9.17, 15) is 4.79 Å². The molecule has 0 spiro atoms. The summed E-state index contributed by atoms with van der Waals surface area (Å²) < 4.78 is 7.40. The summed E-state index contributed by atoms with van der Waals surface area (Å²) in [5.74, 6) is -0.642. The molecule has 2 atom stereocenters. The number of allylic oxidation sites excluding steroid dienone is 1. The molecule has 28 heavy (non-hydrogen) atoms. The quantitative estimate of drug-likeness (QED) is 0.375. The highest BCUT2D eigenvalue weighted by Crippen LogP contribution is 2.39. The molecule has 0 aliphatic carbocycles. The molecule has 0 aliphatic heterocycles. The van der Waals surface area contributed by atoms with Gasteiger partial charge in [-0.05, 0) is 36.2 Å². The predicted octanol–water partition coefficient (Wildman–Crippen LogP) is 5.54. The Morgan fingerprint density at radius 2 is 1.96 bits per heavy atom. The number of para-hydroxylation sites is 1. The van der Waals surface area contributed by atoms with Gasteiger partial charge in [0.2, 0.25) is 0 Å². The number of esters is 1. The average Bonchev–Trinajstić information content (AvgIpc) is 3.17. The SMILES string of the molecule is C=CC[C@@H](c1ccc(Cl)c(Cl)c1)[C@@H](OC(C)=O)c1cnnn1-c1ccccc1. The monoisotopic (exact) mass is 415 g/mol. The standard InChI is InChI=1S/C21H19Cl2N3O2/c1-3-7-17(15-10-11-18(22)19(23)12-15)21(28-14(2)27)20-13-24-25-26(20)16-8-5-4-6-9-16/h3-6,8-13,17,21H,1,7H2,2H3/t17-,21+/m0/s1. The first-order chi connectivity index (χ1) is 13.5. The third-order valence-electron chi connectivity index (χ3n) is 4.32. The number of carbonyl (C=O) groups excluding carboxylic acids is 1. The highest BCUT2D eigenvalue weighted by molar-refractivity contribution is 6.42. The van der Waals surface area contributed by atoms with E-state index in [4.69, 9.17) is 27.9 Å². The maximum absolute atomic E-state index is 11.9. The third kappa shape index (κ3) is 4.43. The fraction of sp³-hybridized carbons (Fsp3) is 0.190. The Morgan fingerprint density at radius 3 is 2.61 bits per heavy atom. The van der Waals surface area contributed by atoms with Gasteiger partial charge in [0, 0.05) is 12.8 Å². The van der Waals surface area contributed by atoms with Crippen molar-refractivity contribution in [3.05, 3.63) is 88.7 Å². The first kappa shape index (κ1) is 20.1. The summed E-state index contributed by atoms with van der Waals surface area (Å²) in [7, 11) is 0. The molecule has 3 rings (SSSR count). The molecular weight excluding hydrogens is 397 g/mol. The van der Waals surface area contributed by atoms with E-state index in [1.165, 1.54) is 6.92 Å². The largest absolute Gasteiger partial charge is 0.455 e. The van der Waals surface area contributed by atoms with E-state index in [-0.39, 0.29) is 5.92 Å². The lowest BCUT2D eigenvalue weighted by atomic mass is 9.88. The Morgan fingerprint density at radius 1 is 1.21 bits per heavy atom. The summed E-state index contributed by atoms with van der Waals surface area (Å²) in [5, 5.41) is 9.12. The number of ether oxygens (including phenoxy) is 1. The van der Waals surface area contributed by atoms with Gasteiger partial charge >= 0.3 is 5.97 Å². The lowest BCUT2D eigenvalue weighted by Gasteiger charge is -2.27. The van der Waals surface area contributed by atoms with E-state index in [1.54, 1.807) is 29.1 Å². The molecule has 144 valence electrons. The molecule has 0 bridgehead atoms. The van der Waals surface area contributed by atoms with Crippen LogP contribution >= 0.6 is 23.2 Å². The normalized spacial score (nSPS) is 13.0. The summed E-state index contributed by atoms with van der Waals surface area (Å²) in [6, 6.07) is 14.9. The summed E-state index contributed by atoms with van der Waals surface area (Å²) in [6.45, 7) is 5.23. The summed E-state index contributed by atoms with van der Waals surface area (Å²) in [5.41, 5.74) is 2.35. The van der Waals surface area contributed by atoms with Crippen LogP contribution in [0.2, 0.25) is 10.0 Å². The van der Waals surface area contributed by atoms with Crippen molar-refractivity contribution in [3.8, 4) is 5.69 Å². The van der Waals surface area contributed by atoms with Crippen LogP contribution in [0, 0.1) is 0 Å². The summed E-state index contributed by atoms with van der Waals surface area (Å²) in [4.78, 5) is 11.9. The zero-order chi connectivity index (χ0) is 20.1. The van der Waals surface area contributed by atoms with Gasteiger partial charge in [-0.2, -0.15) is 0 Å². The van der Waals surface area contributed by atoms with Gasteiger partial charge < -0.3 is 4.74 Å². The fourth-order valence-electron chi connectivity index (χ4n) is 3.09. The van der Waals surface area contributed by atoms with Crippen molar-refractivity contribution in [2.75, 3.05) is 0 Å². The van der Waals surface area contributed by atoms with Crippen molar-refractivity contribution < 1.29 is 9.53 Å². The minimum absolute atomic E-state index is 0.239. The van der Waals surface area contributed by atoms with Crippen molar-refractivity contribution in [3.63, 3.8) is 0 Å². The molecule has 1 aromatic heterocycles. The van der Waals surface area contributed by atoms with Crippen LogP contribution in [0.1, 0.15) is 36.6 Å². The van der Waals surface area contributed by atoms with Gasteiger partial charge in [0.05, 0.1) is 21.9 Å². The maximum atomic E-state index is 11.9. The Bertz CT molecular complexity index is 973. The van der Waals surface area contributed by atoms with Gasteiger partial charge in [-0.3, -0.25) is 4.79 Å². The van der Waals surface area contributed by atoms with Crippen LogP contribution in [0.5, 0.6) is 0 Å². The molecule has 7 heteroatoms. The van der Waals surface area contributed by atoms with Crippen molar-refractivity contribution >= 4 is 29.2 Å². The lowest BCUT2D eigenvalue weighted by Crippen LogP contribution is -2.20. The molecule has 0 amide bonds. The highest BCUT2D eigenvalue weighted by Gasteiger charge is 2.31. The number of benzene rings is 2. The molecule has 0 radical (unpaired) electrons. The molecule has 5 nitrogen and oxygen atoms in total. The van der Waals surface area contributed by atoms with E-state index in [0.29, 0.717) is 22.2 Å². The molecule has 2 aromatic carbocycles. The maximum Gasteiger partial charge on any atom is 0.303 e. The van der Waals surface area contributed by atoms with Crippen LogP contribution < -0.4 is 0 Å². The zero-order valence-corrected chi connectivity index (χ0v) is 16.8. The number of rotatable bonds is 7. The first-order valence-electron chi connectivity index (χ1n) is 8.70. The molecule has 0 saturated heterocycles. The Balaban J connectivity index is 2.10. The third-order valence-corrected chi connectivity index (χ3v) is 5.06. The Labute approximate surface area is 173 Å². The second kappa shape index (κ2) is 9.04. The average molecular weight is 416 g/mol. The highest BCUT2D eigenvalue weighted by atomic mass is 35.5. The fourth-order valence-corrected chi connectivity index (χ4v) is 3.40. The number of aromatic nitrogens is 3. The Hall–Kier alpha value is -2.63. The molecule has 1 heterocycles. The molecule has 3 aromatic rings. The predicted molar refractivity (Wildman–Crippen MR) is 110 cm³/mol. The van der Waals surface area contributed by atoms with Crippen molar-refractivity contribution in [2.24, 2.45) is 0 Å². The van der Waals surface area contributed by atoms with Crippen LogP contribution in [0.4, 0.5) is 0 Å². The molecular formula is C21H19Cl2N3O2. The summed E-state index contributed by atoms with van der Waals surface area (Å²) >= 11 is 12.3. The minimum Gasteiger partial charge on any atom is -0.455 e. The molecule has 0 fully saturated rings. The van der Waals surface area contributed by atoms with Gasteiger partial charge in [0.1, 0.15) is 5.69 Å². The number of carbonyl (C=O) groups is 1. The lowest BCUT2D eigenvalue weighted by molar-refractivity contribution is -0.148. The van der Waals surface area contributed by atoms with Crippen LogP contribution in [0.3, 0.4) is 0 Å². The smallest absolute Gasteiger partial charge is 0.303 e. The van der Waals surface area contributed by atoms with Crippen LogP contribution in [-0.4, -0.2) is 21.0 Å². The molecule has 0 unspecified atom stereocenters. The molecule has 0 N–H and O–H groups in total. The van der Waals surface area contributed by atoms with Gasteiger partial charge in [-0.15, -0.1) is 11.7 Å². The van der Waals surface area contributed by atoms with Gasteiger partial charge in [0.15, 0.2) is 6.10 Å². The van der Waals surface area contributed by atoms with Crippen LogP contribution in [-0.2, 0) is 9.53 Å². The molecule has 0 saturated carbocycles. The van der Waals surface area contributed by atoms with Crippen LogP contribution in [0.15, 0.2) is 67.4 Å². The number of hydrogen-bond acceptors (Lipinski definition) is 4. The van der Waals surface area contributed by atoms with E-state index in [1.807, 2.05) is 36.4 Å². The number of halogens is 2. The van der Waals surface area contributed by atoms with E-state index >= 15 is 0 Å². The van der Waals surface area contributed by atoms with E-state index < -0.39 is 12.1 Å². The number of hydrogen-bond donors (Lipinski definition) is 0. The Kier molecular flexibility index (Phi) is 6.49.